The van der Waals surface area contributed by atoms with Crippen LogP contribution in [0.3, 0.4) is 0 Å². The zero-order chi connectivity index (χ0) is 12.3. The van der Waals surface area contributed by atoms with Gasteiger partial charge in [-0.2, -0.15) is 0 Å². The van der Waals surface area contributed by atoms with Gasteiger partial charge in [0.25, 0.3) is 0 Å². The predicted octanol–water partition coefficient (Wildman–Crippen LogP) is 3.46. The molecule has 0 unspecified atom stereocenters. The zero-order valence-electron chi connectivity index (χ0n) is 11.5. The Morgan fingerprint density at radius 2 is 1.53 bits per heavy atom. The maximum Gasteiger partial charge on any atom is 0.222 e. The molecular formula is C13H27NO. The SMILES string of the molecule is CN(C(=O)CCCC(C)(C)C)C(C)(C)C. The number of nitrogens with zero attached hydrogens (tertiary/aromatic N) is 1. The highest BCUT2D eigenvalue weighted by Crippen LogP contribution is 2.22. The predicted molar refractivity (Wildman–Crippen MR) is 65.8 cm³/mol. The largest absolute Gasteiger partial charge is 0.341 e. The molecule has 0 fully saturated rings. The van der Waals surface area contributed by atoms with E-state index < -0.39 is 0 Å². The summed E-state index contributed by atoms with van der Waals surface area (Å²) in [6, 6.07) is 0. The first-order chi connectivity index (χ1) is 6.54. The van der Waals surface area contributed by atoms with E-state index in [0.29, 0.717) is 11.8 Å². The molecule has 0 atom stereocenters. The van der Waals surface area contributed by atoms with Gasteiger partial charge in [0.05, 0.1) is 0 Å². The first kappa shape index (κ1) is 14.5. The van der Waals surface area contributed by atoms with E-state index in [0.717, 1.165) is 12.8 Å². The minimum atomic E-state index is -0.0567. The van der Waals surface area contributed by atoms with E-state index in [-0.39, 0.29) is 11.4 Å². The molecule has 0 aromatic rings. The van der Waals surface area contributed by atoms with Crippen molar-refractivity contribution in [2.24, 2.45) is 5.41 Å². The Hall–Kier alpha value is -0.530. The summed E-state index contributed by atoms with van der Waals surface area (Å²) < 4.78 is 0. The highest BCUT2D eigenvalue weighted by atomic mass is 16.2. The second-order valence-corrected chi connectivity index (χ2v) is 6.54. The molecule has 0 rings (SSSR count). The molecule has 0 heterocycles. The molecule has 15 heavy (non-hydrogen) atoms. The average molecular weight is 213 g/mol. The summed E-state index contributed by atoms with van der Waals surface area (Å²) in [6.07, 6.45) is 2.77. The quantitative estimate of drug-likeness (QED) is 0.703. The van der Waals surface area contributed by atoms with Crippen molar-refractivity contribution >= 4 is 5.91 Å². The molecule has 0 bridgehead atoms. The standard InChI is InChI=1S/C13H27NO/c1-12(2,3)10-8-9-11(15)14(7)13(4,5)6/h8-10H2,1-7H3. The summed E-state index contributed by atoms with van der Waals surface area (Å²) in [6.45, 7) is 12.8. The van der Waals surface area contributed by atoms with E-state index >= 15 is 0 Å². The van der Waals surface area contributed by atoms with Gasteiger partial charge in [0.2, 0.25) is 5.91 Å². The average Bonchev–Trinajstić information content (AvgIpc) is 1.98. The molecule has 0 saturated carbocycles. The third-order valence-electron chi connectivity index (χ3n) is 2.70. The van der Waals surface area contributed by atoms with Crippen molar-refractivity contribution in [3.8, 4) is 0 Å². The van der Waals surface area contributed by atoms with Crippen LogP contribution in [0, 0.1) is 5.41 Å². The Kier molecular flexibility index (Phi) is 4.82. The first-order valence-electron chi connectivity index (χ1n) is 5.81. The maximum absolute atomic E-state index is 11.8. The minimum Gasteiger partial charge on any atom is -0.341 e. The van der Waals surface area contributed by atoms with Crippen LogP contribution in [0.4, 0.5) is 0 Å². The topological polar surface area (TPSA) is 20.3 Å². The lowest BCUT2D eigenvalue weighted by atomic mass is 9.89. The van der Waals surface area contributed by atoms with Crippen molar-refractivity contribution in [3.63, 3.8) is 0 Å². The Labute approximate surface area is 95.0 Å². The third-order valence-corrected chi connectivity index (χ3v) is 2.70. The van der Waals surface area contributed by atoms with Gasteiger partial charge in [-0.3, -0.25) is 4.79 Å². The number of rotatable bonds is 3. The van der Waals surface area contributed by atoms with Gasteiger partial charge < -0.3 is 4.90 Å². The van der Waals surface area contributed by atoms with E-state index in [9.17, 15) is 4.79 Å². The number of hydrogen-bond acceptors (Lipinski definition) is 1. The number of carbonyl (C=O) groups excluding carboxylic acids is 1. The van der Waals surface area contributed by atoms with Crippen LogP contribution in [-0.2, 0) is 4.79 Å². The van der Waals surface area contributed by atoms with E-state index in [2.05, 4.69) is 41.5 Å². The molecular weight excluding hydrogens is 186 g/mol. The highest BCUT2D eigenvalue weighted by Gasteiger charge is 2.22. The highest BCUT2D eigenvalue weighted by molar-refractivity contribution is 5.76. The molecule has 0 aliphatic rings. The van der Waals surface area contributed by atoms with Crippen LogP contribution in [0.1, 0.15) is 60.8 Å². The van der Waals surface area contributed by atoms with Gasteiger partial charge in [-0.25, -0.2) is 0 Å². The smallest absolute Gasteiger partial charge is 0.222 e. The van der Waals surface area contributed by atoms with Crippen molar-refractivity contribution in [3.05, 3.63) is 0 Å². The molecule has 2 nitrogen and oxygen atoms in total. The second kappa shape index (κ2) is 5.00. The second-order valence-electron chi connectivity index (χ2n) is 6.54. The molecule has 2 heteroatoms. The van der Waals surface area contributed by atoms with Crippen molar-refractivity contribution in [1.82, 2.24) is 4.90 Å². The van der Waals surface area contributed by atoms with Crippen molar-refractivity contribution in [1.29, 1.82) is 0 Å². The molecule has 0 N–H and O–H groups in total. The van der Waals surface area contributed by atoms with Gasteiger partial charge in [-0.1, -0.05) is 20.8 Å². The van der Waals surface area contributed by atoms with Crippen molar-refractivity contribution in [2.75, 3.05) is 7.05 Å². The molecule has 0 aliphatic carbocycles. The van der Waals surface area contributed by atoms with Crippen LogP contribution in [0.2, 0.25) is 0 Å². The molecule has 0 radical (unpaired) electrons. The fraction of sp³-hybridized carbons (Fsp3) is 0.923. The fourth-order valence-corrected chi connectivity index (χ4v) is 1.31. The van der Waals surface area contributed by atoms with Crippen LogP contribution in [0.15, 0.2) is 0 Å². The summed E-state index contributed by atoms with van der Waals surface area (Å²) in [5.41, 5.74) is 0.277. The molecule has 0 aromatic heterocycles. The normalized spacial score (nSPS) is 12.7. The number of amides is 1. The van der Waals surface area contributed by atoms with Crippen LogP contribution in [-0.4, -0.2) is 23.4 Å². The minimum absolute atomic E-state index is 0.0567. The van der Waals surface area contributed by atoms with E-state index in [1.807, 2.05) is 11.9 Å². The molecule has 1 amide bonds. The van der Waals surface area contributed by atoms with Gasteiger partial charge in [-0.15, -0.1) is 0 Å². The Bertz CT molecular complexity index is 208. The molecule has 0 saturated heterocycles. The van der Waals surface area contributed by atoms with Gasteiger partial charge in [0, 0.05) is 19.0 Å². The lowest BCUT2D eigenvalue weighted by molar-refractivity contribution is -0.134. The molecule has 0 aliphatic heterocycles. The summed E-state index contributed by atoms with van der Waals surface area (Å²) in [5, 5.41) is 0. The Balaban J connectivity index is 3.96. The summed E-state index contributed by atoms with van der Waals surface area (Å²) in [5.74, 6) is 0.256. The van der Waals surface area contributed by atoms with E-state index in [4.69, 9.17) is 0 Å². The van der Waals surface area contributed by atoms with Crippen LogP contribution < -0.4 is 0 Å². The maximum atomic E-state index is 11.8. The lowest BCUT2D eigenvalue weighted by Crippen LogP contribution is -2.42. The van der Waals surface area contributed by atoms with E-state index in [1.165, 1.54) is 0 Å². The summed E-state index contributed by atoms with van der Waals surface area (Å²) >= 11 is 0. The molecule has 0 spiro atoms. The van der Waals surface area contributed by atoms with Crippen LogP contribution >= 0.6 is 0 Å². The van der Waals surface area contributed by atoms with Crippen LogP contribution in [0.5, 0.6) is 0 Å². The van der Waals surface area contributed by atoms with Crippen molar-refractivity contribution < 1.29 is 4.79 Å². The summed E-state index contributed by atoms with van der Waals surface area (Å²) in [7, 11) is 1.89. The Morgan fingerprint density at radius 1 is 1.07 bits per heavy atom. The third kappa shape index (κ3) is 6.53. The Morgan fingerprint density at radius 3 is 1.87 bits per heavy atom. The summed E-state index contributed by atoms with van der Waals surface area (Å²) in [4.78, 5) is 13.6. The first-order valence-corrected chi connectivity index (χ1v) is 5.81. The molecule has 90 valence electrons. The number of hydrogen-bond donors (Lipinski definition) is 0. The number of carbonyl (C=O) groups is 1. The van der Waals surface area contributed by atoms with Gasteiger partial charge in [0.1, 0.15) is 0 Å². The van der Waals surface area contributed by atoms with E-state index in [1.54, 1.807) is 0 Å². The monoisotopic (exact) mass is 213 g/mol. The van der Waals surface area contributed by atoms with Gasteiger partial charge >= 0.3 is 0 Å². The van der Waals surface area contributed by atoms with Gasteiger partial charge in [0.15, 0.2) is 0 Å². The van der Waals surface area contributed by atoms with Gasteiger partial charge in [-0.05, 0) is 39.0 Å². The lowest BCUT2D eigenvalue weighted by Gasteiger charge is -2.32. The van der Waals surface area contributed by atoms with Crippen LogP contribution in [0.25, 0.3) is 0 Å². The van der Waals surface area contributed by atoms with Crippen molar-refractivity contribution in [2.45, 2.75) is 66.3 Å². The molecule has 0 aromatic carbocycles. The zero-order valence-corrected chi connectivity index (χ0v) is 11.5. The fourth-order valence-electron chi connectivity index (χ4n) is 1.31.